The van der Waals surface area contributed by atoms with Crippen molar-refractivity contribution in [3.8, 4) is 5.75 Å². The van der Waals surface area contributed by atoms with Crippen LogP contribution in [0.3, 0.4) is 0 Å². The first-order valence-electron chi connectivity index (χ1n) is 10.5. The number of amides is 1. The van der Waals surface area contributed by atoms with E-state index in [0.29, 0.717) is 17.9 Å². The Morgan fingerprint density at radius 3 is 2.26 bits per heavy atom. The maximum atomic E-state index is 13.0. The minimum Gasteiger partial charge on any atom is -0.507 e. The van der Waals surface area contributed by atoms with Crippen LogP contribution in [0.5, 0.6) is 5.75 Å². The maximum Gasteiger partial charge on any atom is 0.295 e. The molecule has 1 fully saturated rings. The molecule has 0 bridgehead atoms. The molecule has 2 aromatic carbocycles. The van der Waals surface area contributed by atoms with Gasteiger partial charge in [0.15, 0.2) is 0 Å². The van der Waals surface area contributed by atoms with E-state index in [1.807, 2.05) is 43.3 Å². The summed E-state index contributed by atoms with van der Waals surface area (Å²) in [7, 11) is 5.51. The van der Waals surface area contributed by atoms with Gasteiger partial charge in [0.25, 0.3) is 11.7 Å². The fraction of sp³-hybridized carbons (Fsp3) is 0.360. The Kier molecular flexibility index (Phi) is 7.13. The van der Waals surface area contributed by atoms with E-state index in [2.05, 4.69) is 6.92 Å². The van der Waals surface area contributed by atoms with E-state index in [0.717, 1.165) is 24.9 Å². The van der Waals surface area contributed by atoms with Gasteiger partial charge < -0.3 is 19.6 Å². The number of carbonyl (C=O) groups is 2. The van der Waals surface area contributed by atoms with Gasteiger partial charge >= 0.3 is 0 Å². The van der Waals surface area contributed by atoms with E-state index >= 15 is 0 Å². The SMILES string of the molecule is CCc1ccc(C2/C(=C(/O)c3ccc(OC)cc3)C(=O)C(=O)N2CCCN(C)C)cc1. The van der Waals surface area contributed by atoms with Crippen molar-refractivity contribution >= 4 is 17.4 Å². The molecule has 1 aliphatic rings. The number of Topliss-reactive ketones (excluding diaryl/α,β-unsaturated/α-hetero) is 1. The zero-order chi connectivity index (χ0) is 22.5. The summed E-state index contributed by atoms with van der Waals surface area (Å²) in [5, 5.41) is 11.1. The Balaban J connectivity index is 2.06. The number of aliphatic hydroxyl groups is 1. The van der Waals surface area contributed by atoms with Gasteiger partial charge in [0.05, 0.1) is 18.7 Å². The third-order valence-corrected chi connectivity index (χ3v) is 5.61. The minimum absolute atomic E-state index is 0.129. The van der Waals surface area contributed by atoms with E-state index in [-0.39, 0.29) is 11.3 Å². The molecule has 3 rings (SSSR count). The fourth-order valence-electron chi connectivity index (χ4n) is 3.85. The summed E-state index contributed by atoms with van der Waals surface area (Å²) < 4.78 is 5.17. The lowest BCUT2D eigenvalue weighted by atomic mass is 9.94. The number of hydrogen-bond acceptors (Lipinski definition) is 5. The molecular weight excluding hydrogens is 392 g/mol. The average molecular weight is 423 g/mol. The van der Waals surface area contributed by atoms with E-state index in [9.17, 15) is 14.7 Å². The zero-order valence-corrected chi connectivity index (χ0v) is 18.6. The molecule has 31 heavy (non-hydrogen) atoms. The lowest BCUT2D eigenvalue weighted by Gasteiger charge is -2.26. The highest BCUT2D eigenvalue weighted by molar-refractivity contribution is 6.46. The summed E-state index contributed by atoms with van der Waals surface area (Å²) in [6, 6.07) is 14.1. The number of rotatable bonds is 8. The Bertz CT molecular complexity index is 962. The predicted octanol–water partition coefficient (Wildman–Crippen LogP) is 3.63. The number of ketones is 1. The van der Waals surface area contributed by atoms with Crippen molar-refractivity contribution in [2.45, 2.75) is 25.8 Å². The molecule has 1 unspecified atom stereocenters. The summed E-state index contributed by atoms with van der Waals surface area (Å²) in [6.45, 7) is 3.30. The Hall–Kier alpha value is -3.12. The van der Waals surface area contributed by atoms with Crippen LogP contribution in [0, 0.1) is 0 Å². The molecule has 0 radical (unpaired) electrons. The Labute approximate surface area is 183 Å². The Morgan fingerprint density at radius 1 is 1.06 bits per heavy atom. The number of benzene rings is 2. The number of likely N-dealkylation sites (tertiary alicyclic amines) is 1. The molecule has 1 amide bonds. The van der Waals surface area contributed by atoms with Crippen LogP contribution >= 0.6 is 0 Å². The molecule has 6 heteroatoms. The van der Waals surface area contributed by atoms with Crippen LogP contribution in [0.1, 0.15) is 36.1 Å². The van der Waals surface area contributed by atoms with Crippen LogP contribution in [0.4, 0.5) is 0 Å². The lowest BCUT2D eigenvalue weighted by molar-refractivity contribution is -0.139. The number of ether oxygens (including phenoxy) is 1. The number of aryl methyl sites for hydroxylation is 1. The first kappa shape index (κ1) is 22.6. The number of carbonyl (C=O) groups excluding carboxylic acids is 2. The minimum atomic E-state index is -0.650. The van der Waals surface area contributed by atoms with Crippen LogP contribution in [0.2, 0.25) is 0 Å². The van der Waals surface area contributed by atoms with Crippen LogP contribution in [-0.4, -0.2) is 60.9 Å². The largest absolute Gasteiger partial charge is 0.507 e. The van der Waals surface area contributed by atoms with Crippen molar-refractivity contribution in [1.82, 2.24) is 9.80 Å². The second-order valence-corrected chi connectivity index (χ2v) is 7.97. The normalized spacial score (nSPS) is 18.1. The summed E-state index contributed by atoms with van der Waals surface area (Å²) in [5.41, 5.74) is 2.59. The lowest BCUT2D eigenvalue weighted by Crippen LogP contribution is -2.32. The van der Waals surface area contributed by atoms with Gasteiger partial charge in [0, 0.05) is 12.1 Å². The van der Waals surface area contributed by atoms with Gasteiger partial charge in [-0.05, 0) is 68.9 Å². The quantitative estimate of drug-likeness (QED) is 0.400. The van der Waals surface area contributed by atoms with E-state index in [4.69, 9.17) is 4.74 Å². The van der Waals surface area contributed by atoms with Gasteiger partial charge in [-0.1, -0.05) is 31.2 Å². The number of methoxy groups -OCH3 is 1. The van der Waals surface area contributed by atoms with Crippen molar-refractivity contribution in [3.05, 3.63) is 70.8 Å². The molecule has 2 aromatic rings. The highest BCUT2D eigenvalue weighted by Gasteiger charge is 2.45. The molecule has 0 saturated carbocycles. The highest BCUT2D eigenvalue weighted by Crippen LogP contribution is 2.39. The summed E-state index contributed by atoms with van der Waals surface area (Å²) in [4.78, 5) is 29.6. The van der Waals surface area contributed by atoms with Crippen molar-refractivity contribution < 1.29 is 19.4 Å². The maximum absolute atomic E-state index is 13.0. The second kappa shape index (κ2) is 9.79. The molecule has 1 atom stereocenters. The van der Waals surface area contributed by atoms with E-state index in [1.54, 1.807) is 36.3 Å². The fourth-order valence-corrected chi connectivity index (χ4v) is 3.85. The van der Waals surface area contributed by atoms with Crippen molar-refractivity contribution in [3.63, 3.8) is 0 Å². The third kappa shape index (κ3) is 4.80. The molecule has 1 aliphatic heterocycles. The van der Waals surface area contributed by atoms with Crippen LogP contribution < -0.4 is 4.74 Å². The smallest absolute Gasteiger partial charge is 0.295 e. The monoisotopic (exact) mass is 422 g/mol. The van der Waals surface area contributed by atoms with Crippen LogP contribution in [-0.2, 0) is 16.0 Å². The number of aliphatic hydroxyl groups excluding tert-OH is 1. The Morgan fingerprint density at radius 2 is 1.71 bits per heavy atom. The van der Waals surface area contributed by atoms with Gasteiger partial charge in [0.1, 0.15) is 11.5 Å². The third-order valence-electron chi connectivity index (χ3n) is 5.61. The van der Waals surface area contributed by atoms with Gasteiger partial charge in [-0.25, -0.2) is 0 Å². The summed E-state index contributed by atoms with van der Waals surface area (Å²) >= 11 is 0. The predicted molar refractivity (Wildman–Crippen MR) is 121 cm³/mol. The molecular formula is C25H30N2O4. The standard InChI is InChI=1S/C25H30N2O4/c1-5-17-7-9-18(10-8-17)22-21(23(28)19-11-13-20(31-4)14-12-19)24(29)25(30)27(22)16-6-15-26(2)3/h7-14,22,28H,5-6,15-16H2,1-4H3/b23-21-. The average Bonchev–Trinajstić information content (AvgIpc) is 3.03. The van der Waals surface area contributed by atoms with E-state index in [1.165, 1.54) is 5.56 Å². The van der Waals surface area contributed by atoms with Crippen molar-refractivity contribution in [1.29, 1.82) is 0 Å². The molecule has 6 nitrogen and oxygen atoms in total. The molecule has 0 aliphatic carbocycles. The first-order chi connectivity index (χ1) is 14.9. The van der Waals surface area contributed by atoms with Gasteiger partial charge in [-0.15, -0.1) is 0 Å². The van der Waals surface area contributed by atoms with Gasteiger partial charge in [0.2, 0.25) is 0 Å². The molecule has 1 heterocycles. The number of nitrogens with zero attached hydrogens (tertiary/aromatic N) is 2. The molecule has 1 N–H and O–H groups in total. The van der Waals surface area contributed by atoms with Crippen LogP contribution in [0.15, 0.2) is 54.1 Å². The van der Waals surface area contributed by atoms with Crippen molar-refractivity contribution in [2.75, 3.05) is 34.3 Å². The number of hydrogen-bond donors (Lipinski definition) is 1. The second-order valence-electron chi connectivity index (χ2n) is 7.97. The summed E-state index contributed by atoms with van der Waals surface area (Å²) in [5.74, 6) is -0.741. The van der Waals surface area contributed by atoms with Gasteiger partial charge in [-0.2, -0.15) is 0 Å². The molecule has 0 aromatic heterocycles. The molecule has 1 saturated heterocycles. The first-order valence-corrected chi connectivity index (χ1v) is 10.5. The molecule has 164 valence electrons. The van der Waals surface area contributed by atoms with Gasteiger partial charge in [-0.3, -0.25) is 9.59 Å². The zero-order valence-electron chi connectivity index (χ0n) is 18.6. The molecule has 0 spiro atoms. The van der Waals surface area contributed by atoms with E-state index < -0.39 is 17.7 Å². The highest BCUT2D eigenvalue weighted by atomic mass is 16.5. The van der Waals surface area contributed by atoms with Crippen LogP contribution in [0.25, 0.3) is 5.76 Å². The topological polar surface area (TPSA) is 70.1 Å². The van der Waals surface area contributed by atoms with Crippen molar-refractivity contribution in [2.24, 2.45) is 0 Å². The summed E-state index contributed by atoms with van der Waals surface area (Å²) in [6.07, 6.45) is 1.63.